The molecule has 19 heavy (non-hydrogen) atoms. The third-order valence-electron chi connectivity index (χ3n) is 3.44. The fourth-order valence-corrected chi connectivity index (χ4v) is 3.18. The number of hydrogen-bond donors (Lipinski definition) is 1. The van der Waals surface area contributed by atoms with E-state index in [1.165, 1.54) is 5.56 Å². The first-order valence-corrected chi connectivity index (χ1v) is 7.08. The van der Waals surface area contributed by atoms with E-state index in [0.717, 1.165) is 40.5 Å². The highest BCUT2D eigenvalue weighted by molar-refractivity contribution is 9.10. The highest BCUT2D eigenvalue weighted by Gasteiger charge is 2.17. The first kappa shape index (κ1) is 12.7. The van der Waals surface area contributed by atoms with Crippen molar-refractivity contribution in [2.45, 2.75) is 12.8 Å². The van der Waals surface area contributed by atoms with Crippen LogP contribution in [-0.4, -0.2) is 27.9 Å². The Morgan fingerprint density at radius 3 is 3.11 bits per heavy atom. The molecule has 1 aromatic heterocycles. The Kier molecular flexibility index (Phi) is 3.33. The fourth-order valence-electron chi connectivity index (χ4n) is 2.48. The van der Waals surface area contributed by atoms with E-state index in [2.05, 4.69) is 33.0 Å². The average Bonchev–Trinajstić information content (AvgIpc) is 2.95. The molecule has 1 aliphatic rings. The van der Waals surface area contributed by atoms with E-state index in [-0.39, 0.29) is 6.61 Å². The van der Waals surface area contributed by atoms with Crippen molar-refractivity contribution in [2.75, 3.05) is 13.2 Å². The zero-order valence-corrected chi connectivity index (χ0v) is 12.3. The summed E-state index contributed by atoms with van der Waals surface area (Å²) < 4.78 is 8.37. The monoisotopic (exact) mass is 322 g/mol. The number of ether oxygens (including phenoxy) is 1. The van der Waals surface area contributed by atoms with Crippen molar-refractivity contribution in [3.05, 3.63) is 34.2 Å². The second-order valence-corrected chi connectivity index (χ2v) is 5.37. The third-order valence-corrected chi connectivity index (χ3v) is 4.00. The van der Waals surface area contributed by atoms with Gasteiger partial charge < -0.3 is 14.4 Å². The minimum atomic E-state index is 0.106. The first-order valence-electron chi connectivity index (χ1n) is 6.28. The lowest BCUT2D eigenvalue weighted by atomic mass is 10.1. The predicted octanol–water partition coefficient (Wildman–Crippen LogP) is 2.32. The van der Waals surface area contributed by atoms with Gasteiger partial charge in [0.2, 0.25) is 0 Å². The second kappa shape index (κ2) is 4.98. The molecule has 0 amide bonds. The van der Waals surface area contributed by atoms with Gasteiger partial charge in [-0.25, -0.2) is 4.98 Å². The number of imidazole rings is 1. The number of aliphatic hydroxyl groups is 1. The van der Waals surface area contributed by atoms with Crippen molar-refractivity contribution in [2.24, 2.45) is 7.05 Å². The van der Waals surface area contributed by atoms with Gasteiger partial charge in [0.1, 0.15) is 16.2 Å². The molecule has 100 valence electrons. The number of rotatable bonds is 3. The zero-order chi connectivity index (χ0) is 13.4. The standard InChI is InChI=1S/C14H15BrN2O2/c1-17-12(4-6-18)16-14(15)13(17)10-2-3-11-9(8-10)5-7-19-11/h2-3,8,18H,4-7H2,1H3. The van der Waals surface area contributed by atoms with Crippen LogP contribution in [0.5, 0.6) is 5.75 Å². The lowest BCUT2D eigenvalue weighted by Crippen LogP contribution is -2.02. The van der Waals surface area contributed by atoms with Crippen LogP contribution in [0.2, 0.25) is 0 Å². The highest BCUT2D eigenvalue weighted by Crippen LogP contribution is 2.34. The van der Waals surface area contributed by atoms with Gasteiger partial charge in [0.15, 0.2) is 0 Å². The van der Waals surface area contributed by atoms with Crippen LogP contribution in [0, 0.1) is 0 Å². The molecule has 0 radical (unpaired) electrons. The number of benzene rings is 1. The Balaban J connectivity index is 2.07. The quantitative estimate of drug-likeness (QED) is 0.943. The van der Waals surface area contributed by atoms with Crippen LogP contribution >= 0.6 is 15.9 Å². The Morgan fingerprint density at radius 1 is 1.47 bits per heavy atom. The van der Waals surface area contributed by atoms with Gasteiger partial charge in [-0.3, -0.25) is 0 Å². The maximum atomic E-state index is 9.06. The van der Waals surface area contributed by atoms with Gasteiger partial charge in [0.05, 0.1) is 18.9 Å². The van der Waals surface area contributed by atoms with Crippen molar-refractivity contribution >= 4 is 15.9 Å². The average molecular weight is 323 g/mol. The summed E-state index contributed by atoms with van der Waals surface area (Å²) in [4.78, 5) is 4.46. The summed E-state index contributed by atoms with van der Waals surface area (Å²) in [6, 6.07) is 6.23. The Morgan fingerprint density at radius 2 is 2.32 bits per heavy atom. The molecule has 5 heteroatoms. The molecule has 1 aromatic carbocycles. The Hall–Kier alpha value is -1.33. The molecule has 0 atom stereocenters. The first-order chi connectivity index (χ1) is 9.20. The lowest BCUT2D eigenvalue weighted by Gasteiger charge is -2.07. The van der Waals surface area contributed by atoms with Crippen LogP contribution in [0.25, 0.3) is 11.3 Å². The Labute approximate surface area is 120 Å². The number of aromatic nitrogens is 2. The molecule has 0 saturated heterocycles. The number of nitrogens with zero attached hydrogens (tertiary/aromatic N) is 2. The van der Waals surface area contributed by atoms with Crippen LogP contribution in [0.4, 0.5) is 0 Å². The molecule has 2 aromatic rings. The second-order valence-electron chi connectivity index (χ2n) is 4.62. The summed E-state index contributed by atoms with van der Waals surface area (Å²) >= 11 is 3.51. The zero-order valence-electron chi connectivity index (χ0n) is 10.7. The SMILES string of the molecule is Cn1c(CCO)nc(Br)c1-c1ccc2c(c1)CCO2. The molecule has 3 rings (SSSR count). The van der Waals surface area contributed by atoms with Crippen molar-refractivity contribution in [1.29, 1.82) is 0 Å². The lowest BCUT2D eigenvalue weighted by molar-refractivity contribution is 0.295. The van der Waals surface area contributed by atoms with E-state index < -0.39 is 0 Å². The molecular formula is C14H15BrN2O2. The van der Waals surface area contributed by atoms with Gasteiger partial charge in [-0.15, -0.1) is 0 Å². The molecule has 0 aliphatic carbocycles. The molecule has 0 bridgehead atoms. The molecule has 0 unspecified atom stereocenters. The fraction of sp³-hybridized carbons (Fsp3) is 0.357. The molecule has 0 spiro atoms. The van der Waals surface area contributed by atoms with Gasteiger partial charge >= 0.3 is 0 Å². The van der Waals surface area contributed by atoms with Crippen molar-refractivity contribution in [3.8, 4) is 17.0 Å². The van der Waals surface area contributed by atoms with Gasteiger partial charge in [-0.2, -0.15) is 0 Å². The topological polar surface area (TPSA) is 47.3 Å². The number of hydrogen-bond acceptors (Lipinski definition) is 3. The highest BCUT2D eigenvalue weighted by atomic mass is 79.9. The molecule has 0 saturated carbocycles. The third kappa shape index (κ3) is 2.17. The van der Waals surface area contributed by atoms with Crippen molar-refractivity contribution in [1.82, 2.24) is 9.55 Å². The minimum Gasteiger partial charge on any atom is -0.493 e. The Bertz CT molecular complexity index is 622. The van der Waals surface area contributed by atoms with Crippen LogP contribution in [0.1, 0.15) is 11.4 Å². The smallest absolute Gasteiger partial charge is 0.132 e. The summed E-state index contributed by atoms with van der Waals surface area (Å²) in [6.45, 7) is 0.871. The van der Waals surface area contributed by atoms with E-state index in [9.17, 15) is 0 Å². The van der Waals surface area contributed by atoms with Gasteiger partial charge in [-0.05, 0) is 39.7 Å². The number of aliphatic hydroxyl groups excluding tert-OH is 1. The maximum absolute atomic E-state index is 9.06. The number of halogens is 1. The molecule has 1 N–H and O–H groups in total. The van der Waals surface area contributed by atoms with Gasteiger partial charge in [0, 0.05) is 25.5 Å². The minimum absolute atomic E-state index is 0.106. The summed E-state index contributed by atoms with van der Waals surface area (Å²) in [5.74, 6) is 1.86. The van der Waals surface area contributed by atoms with Crippen molar-refractivity contribution < 1.29 is 9.84 Å². The summed E-state index contributed by atoms with van der Waals surface area (Å²) in [6.07, 6.45) is 1.52. The number of fused-ring (bicyclic) bond motifs is 1. The molecular weight excluding hydrogens is 308 g/mol. The predicted molar refractivity (Wildman–Crippen MR) is 76.3 cm³/mol. The van der Waals surface area contributed by atoms with Crippen LogP contribution in [0.3, 0.4) is 0 Å². The van der Waals surface area contributed by atoms with E-state index in [1.807, 2.05) is 17.7 Å². The van der Waals surface area contributed by atoms with E-state index in [4.69, 9.17) is 9.84 Å². The van der Waals surface area contributed by atoms with Crippen LogP contribution in [0.15, 0.2) is 22.8 Å². The van der Waals surface area contributed by atoms with E-state index >= 15 is 0 Å². The molecule has 1 aliphatic heterocycles. The molecule has 4 nitrogen and oxygen atoms in total. The van der Waals surface area contributed by atoms with Gasteiger partial charge in [-0.1, -0.05) is 0 Å². The summed E-state index contributed by atoms with van der Waals surface area (Å²) in [5.41, 5.74) is 3.41. The molecule has 2 heterocycles. The van der Waals surface area contributed by atoms with E-state index in [0.29, 0.717) is 6.42 Å². The van der Waals surface area contributed by atoms with Crippen molar-refractivity contribution in [3.63, 3.8) is 0 Å². The summed E-state index contributed by atoms with van der Waals surface area (Å²) in [7, 11) is 1.97. The summed E-state index contributed by atoms with van der Waals surface area (Å²) in [5, 5.41) is 9.06. The van der Waals surface area contributed by atoms with Gasteiger partial charge in [0.25, 0.3) is 0 Å². The van der Waals surface area contributed by atoms with Crippen LogP contribution in [-0.2, 0) is 19.9 Å². The normalized spacial score (nSPS) is 13.4. The molecule has 0 fully saturated rings. The van der Waals surface area contributed by atoms with Crippen LogP contribution < -0.4 is 4.74 Å². The maximum Gasteiger partial charge on any atom is 0.132 e. The van der Waals surface area contributed by atoms with E-state index in [1.54, 1.807) is 0 Å². The largest absolute Gasteiger partial charge is 0.493 e.